The van der Waals surface area contributed by atoms with Crippen molar-refractivity contribution in [3.05, 3.63) is 36.2 Å². The van der Waals surface area contributed by atoms with E-state index in [0.717, 1.165) is 31.5 Å². The number of hydrogen-bond donors (Lipinski definition) is 0. The highest BCUT2D eigenvalue weighted by molar-refractivity contribution is 5.88. The minimum Gasteiger partial charge on any atom is -0.473 e. The van der Waals surface area contributed by atoms with Gasteiger partial charge in [0.2, 0.25) is 5.88 Å². The van der Waals surface area contributed by atoms with Crippen molar-refractivity contribution in [3.63, 3.8) is 0 Å². The number of pyridine rings is 1. The summed E-state index contributed by atoms with van der Waals surface area (Å²) in [5.74, 6) is 0.695. The Bertz CT molecular complexity index is 660. The van der Waals surface area contributed by atoms with Crippen LogP contribution < -0.4 is 4.74 Å². The van der Waals surface area contributed by atoms with Gasteiger partial charge >= 0.3 is 0 Å². The van der Waals surface area contributed by atoms with Crippen LogP contribution in [0.15, 0.2) is 24.9 Å². The molecule has 5 heteroatoms. The third kappa shape index (κ3) is 2.99. The van der Waals surface area contributed by atoms with Crippen molar-refractivity contribution < 1.29 is 9.47 Å². The van der Waals surface area contributed by atoms with E-state index in [9.17, 15) is 0 Å². The van der Waals surface area contributed by atoms with Crippen molar-refractivity contribution in [3.8, 4) is 5.88 Å². The molecule has 1 unspecified atom stereocenters. The van der Waals surface area contributed by atoms with Gasteiger partial charge < -0.3 is 14.0 Å². The summed E-state index contributed by atoms with van der Waals surface area (Å²) in [7, 11) is 0. The van der Waals surface area contributed by atoms with Gasteiger partial charge in [-0.3, -0.25) is 0 Å². The van der Waals surface area contributed by atoms with Crippen LogP contribution in [0.1, 0.15) is 24.1 Å². The first kappa shape index (κ1) is 16.8. The molecule has 2 aromatic heterocycles. The molecule has 120 valence electrons. The van der Waals surface area contributed by atoms with Crippen molar-refractivity contribution >= 4 is 23.3 Å². The third-order valence-electron chi connectivity index (χ3n) is 4.25. The summed E-state index contributed by atoms with van der Waals surface area (Å²) in [6.45, 7) is 10.3. The molecule has 1 saturated heterocycles. The normalized spacial score (nSPS) is 17.5. The van der Waals surface area contributed by atoms with E-state index in [4.69, 9.17) is 9.47 Å². The van der Waals surface area contributed by atoms with Gasteiger partial charge in [0.15, 0.2) is 0 Å². The summed E-state index contributed by atoms with van der Waals surface area (Å²) in [6.07, 6.45) is 6.12. The Kier molecular flexibility index (Phi) is 5.48. The van der Waals surface area contributed by atoms with E-state index in [1.54, 1.807) is 0 Å². The van der Waals surface area contributed by atoms with Gasteiger partial charge in [-0.25, -0.2) is 4.98 Å². The SMILES string of the molecule is C=CCn1c(C)c(C)c2ccnc(OCC3CCCO3)c21.Cl. The maximum absolute atomic E-state index is 5.97. The van der Waals surface area contributed by atoms with Gasteiger partial charge in [-0.2, -0.15) is 0 Å². The average Bonchev–Trinajstić information content (AvgIpc) is 3.09. The number of rotatable bonds is 5. The molecule has 22 heavy (non-hydrogen) atoms. The molecule has 3 heterocycles. The predicted octanol–water partition coefficient (Wildman–Crippen LogP) is 3.82. The second-order valence-corrected chi connectivity index (χ2v) is 5.57. The highest BCUT2D eigenvalue weighted by Gasteiger charge is 2.19. The monoisotopic (exact) mass is 322 g/mol. The van der Waals surface area contributed by atoms with E-state index >= 15 is 0 Å². The number of hydrogen-bond acceptors (Lipinski definition) is 3. The first-order valence-corrected chi connectivity index (χ1v) is 7.52. The molecule has 0 saturated carbocycles. The molecule has 0 bridgehead atoms. The first-order valence-electron chi connectivity index (χ1n) is 7.52. The quantitative estimate of drug-likeness (QED) is 0.785. The molecule has 0 aromatic carbocycles. The molecule has 0 N–H and O–H groups in total. The summed E-state index contributed by atoms with van der Waals surface area (Å²) < 4.78 is 13.8. The van der Waals surface area contributed by atoms with Gasteiger partial charge in [0.05, 0.1) is 6.10 Å². The smallest absolute Gasteiger partial charge is 0.238 e. The summed E-state index contributed by atoms with van der Waals surface area (Å²) in [4.78, 5) is 4.43. The number of nitrogens with zero attached hydrogens (tertiary/aromatic N) is 2. The van der Waals surface area contributed by atoms with Crippen LogP contribution in [-0.2, 0) is 11.3 Å². The zero-order valence-electron chi connectivity index (χ0n) is 13.2. The Morgan fingerprint density at radius 1 is 1.50 bits per heavy atom. The first-order chi connectivity index (χ1) is 10.2. The molecule has 1 aliphatic rings. The Morgan fingerprint density at radius 3 is 3.00 bits per heavy atom. The lowest BCUT2D eigenvalue weighted by atomic mass is 10.2. The Labute approximate surface area is 137 Å². The fraction of sp³-hybridized carbons (Fsp3) is 0.471. The number of halogens is 1. The lowest BCUT2D eigenvalue weighted by molar-refractivity contribution is 0.0668. The van der Waals surface area contributed by atoms with Crippen LogP contribution in [0.5, 0.6) is 5.88 Å². The molecule has 2 aromatic rings. The van der Waals surface area contributed by atoms with Crippen LogP contribution in [0.25, 0.3) is 10.9 Å². The van der Waals surface area contributed by atoms with E-state index in [1.807, 2.05) is 12.3 Å². The zero-order chi connectivity index (χ0) is 14.8. The van der Waals surface area contributed by atoms with Crippen molar-refractivity contribution in [2.24, 2.45) is 0 Å². The van der Waals surface area contributed by atoms with E-state index in [2.05, 4.69) is 36.0 Å². The van der Waals surface area contributed by atoms with Gasteiger partial charge in [0, 0.05) is 30.4 Å². The summed E-state index contributed by atoms with van der Waals surface area (Å²) >= 11 is 0. The molecular weight excluding hydrogens is 300 g/mol. The molecule has 0 aliphatic carbocycles. The van der Waals surface area contributed by atoms with Crippen molar-refractivity contribution in [1.29, 1.82) is 0 Å². The fourth-order valence-electron chi connectivity index (χ4n) is 2.97. The number of allylic oxidation sites excluding steroid dienone is 1. The summed E-state index contributed by atoms with van der Waals surface area (Å²) in [5.41, 5.74) is 3.57. The molecule has 0 spiro atoms. The highest BCUT2D eigenvalue weighted by Crippen LogP contribution is 2.31. The standard InChI is InChI=1S/C17H22N2O2.ClH/c1-4-9-19-13(3)12(2)15-7-8-18-17(16(15)19)21-11-14-6-5-10-20-14;/h4,7-8,14H,1,5-6,9-11H2,2-3H3;1H. The second kappa shape index (κ2) is 7.16. The van der Waals surface area contributed by atoms with Gasteiger partial charge in [-0.1, -0.05) is 6.08 Å². The van der Waals surface area contributed by atoms with Crippen molar-refractivity contribution in [2.45, 2.75) is 39.3 Å². The fourth-order valence-corrected chi connectivity index (χ4v) is 2.97. The van der Waals surface area contributed by atoms with Crippen LogP contribution >= 0.6 is 12.4 Å². The van der Waals surface area contributed by atoms with Crippen LogP contribution in [0.4, 0.5) is 0 Å². The molecule has 1 atom stereocenters. The molecule has 4 nitrogen and oxygen atoms in total. The Morgan fingerprint density at radius 2 is 2.32 bits per heavy atom. The summed E-state index contributed by atoms with van der Waals surface area (Å²) in [6, 6.07) is 2.05. The molecule has 1 aliphatic heterocycles. The topological polar surface area (TPSA) is 36.3 Å². The lowest BCUT2D eigenvalue weighted by Crippen LogP contribution is -2.17. The number of ether oxygens (including phenoxy) is 2. The molecule has 3 rings (SSSR count). The summed E-state index contributed by atoms with van der Waals surface area (Å²) in [5, 5.41) is 1.20. The maximum Gasteiger partial charge on any atom is 0.238 e. The third-order valence-corrected chi connectivity index (χ3v) is 4.25. The van der Waals surface area contributed by atoms with E-state index in [1.165, 1.54) is 16.6 Å². The van der Waals surface area contributed by atoms with E-state index in [0.29, 0.717) is 12.5 Å². The molecular formula is C17H23ClN2O2. The van der Waals surface area contributed by atoms with E-state index < -0.39 is 0 Å². The van der Waals surface area contributed by atoms with Crippen LogP contribution in [0.2, 0.25) is 0 Å². The lowest BCUT2D eigenvalue weighted by Gasteiger charge is -2.13. The largest absolute Gasteiger partial charge is 0.473 e. The number of aromatic nitrogens is 2. The molecule has 1 fully saturated rings. The van der Waals surface area contributed by atoms with Crippen molar-refractivity contribution in [1.82, 2.24) is 9.55 Å². The second-order valence-electron chi connectivity index (χ2n) is 5.57. The van der Waals surface area contributed by atoms with Gasteiger partial charge in [0.1, 0.15) is 12.1 Å². The van der Waals surface area contributed by atoms with Crippen LogP contribution in [0.3, 0.4) is 0 Å². The predicted molar refractivity (Wildman–Crippen MR) is 91.1 cm³/mol. The van der Waals surface area contributed by atoms with Crippen molar-refractivity contribution in [2.75, 3.05) is 13.2 Å². The average molecular weight is 323 g/mol. The maximum atomic E-state index is 5.97. The van der Waals surface area contributed by atoms with Gasteiger partial charge in [-0.15, -0.1) is 19.0 Å². The zero-order valence-corrected chi connectivity index (χ0v) is 14.0. The Balaban J connectivity index is 0.00000176. The molecule has 0 amide bonds. The minimum absolute atomic E-state index is 0. The van der Waals surface area contributed by atoms with Crippen LogP contribution in [0, 0.1) is 13.8 Å². The Hall–Kier alpha value is -1.52. The minimum atomic E-state index is 0. The van der Waals surface area contributed by atoms with Gasteiger partial charge in [0.25, 0.3) is 0 Å². The van der Waals surface area contributed by atoms with Crippen LogP contribution in [-0.4, -0.2) is 28.9 Å². The molecule has 0 radical (unpaired) electrons. The van der Waals surface area contributed by atoms with Gasteiger partial charge in [-0.05, 0) is 38.3 Å². The number of fused-ring (bicyclic) bond motifs is 1. The number of aryl methyl sites for hydroxylation is 1. The highest BCUT2D eigenvalue weighted by atomic mass is 35.5. The van der Waals surface area contributed by atoms with E-state index in [-0.39, 0.29) is 18.5 Å².